The van der Waals surface area contributed by atoms with E-state index in [0.717, 1.165) is 11.1 Å². The fraction of sp³-hybridized carbons (Fsp3) is 0.333. The smallest absolute Gasteiger partial charge is 0.411 e. The minimum absolute atomic E-state index is 0.0436. The van der Waals surface area contributed by atoms with Crippen molar-refractivity contribution < 1.29 is 42.4 Å². The molecule has 0 aliphatic carbocycles. The maximum absolute atomic E-state index is 14.3. The average Bonchev–Trinajstić information content (AvgIpc) is 4.00. The highest BCUT2D eigenvalue weighted by molar-refractivity contribution is 6.00. The number of fused-ring (bicyclic) bond motifs is 1. The van der Waals surface area contributed by atoms with E-state index in [4.69, 9.17) is 47.9 Å². The molecule has 17 heteroatoms. The summed E-state index contributed by atoms with van der Waals surface area (Å²) < 4.78 is 44.8. The number of amides is 2. The summed E-state index contributed by atoms with van der Waals surface area (Å²) in [5, 5.41) is 12.9. The van der Waals surface area contributed by atoms with Crippen LogP contribution in [0, 0.1) is 6.92 Å². The second-order valence-corrected chi connectivity index (χ2v) is 16.1. The topological polar surface area (TPSA) is 179 Å². The minimum Gasteiger partial charge on any atom is -0.497 e. The van der Waals surface area contributed by atoms with Gasteiger partial charge in [0.15, 0.2) is 17.2 Å². The second-order valence-electron chi connectivity index (χ2n) is 16.1. The molecule has 4 aromatic heterocycles. The average molecular weight is 887 g/mol. The van der Waals surface area contributed by atoms with Crippen molar-refractivity contribution in [2.45, 2.75) is 73.0 Å². The molecule has 4 heterocycles. The van der Waals surface area contributed by atoms with Gasteiger partial charge in [-0.05, 0) is 70.5 Å². The predicted octanol–water partition coefficient (Wildman–Crippen LogP) is 8.30. The van der Waals surface area contributed by atoms with Gasteiger partial charge in [0.2, 0.25) is 5.89 Å². The van der Waals surface area contributed by atoms with E-state index < -0.39 is 17.6 Å². The van der Waals surface area contributed by atoms with Crippen molar-refractivity contribution in [3.63, 3.8) is 0 Å². The van der Waals surface area contributed by atoms with Crippen LogP contribution in [0.3, 0.4) is 0 Å². The molecule has 0 bridgehead atoms. The molecule has 0 fully saturated rings. The molecule has 1 N–H and O–H groups in total. The van der Waals surface area contributed by atoms with Gasteiger partial charge in [-0.15, -0.1) is 0 Å². The SMILES string of the molecule is CCn1nc(C)c(OCc2ccccc2)c1-c1nc(-c2nc(C(=O)NCc3ccc(OC)cc3OC)cc3c2cnn3C)c(CN(Cc2ccc(OC)cc2OC)C(=O)OC(C)(C)C)o1. The normalized spacial score (nSPS) is 11.4. The van der Waals surface area contributed by atoms with E-state index in [-0.39, 0.29) is 49.3 Å². The molecule has 7 aromatic rings. The molecule has 0 saturated heterocycles. The number of carbonyl (C=O) groups excluding carboxylic acids is 2. The molecule has 3 aromatic carbocycles. The standard InChI is InChI=1S/C48H54N8O9/c1-11-56-43(44(29(2)53-56)63-28-30-15-13-12-14-16-30)46-52-42(40(64-46)27-55(47(58)65-48(3,4)5)26-32-18-20-34(60-8)22-39(32)62-10)41-35-25-50-54(6)37(35)23-36(51-41)45(57)49-24-31-17-19-33(59-7)21-38(31)61-9/h12-23,25H,11,24,26-28H2,1-10H3,(H,49,57). The van der Waals surface area contributed by atoms with E-state index in [1.165, 1.54) is 4.90 Å². The maximum atomic E-state index is 14.3. The van der Waals surface area contributed by atoms with Gasteiger partial charge in [-0.2, -0.15) is 10.2 Å². The molecule has 17 nitrogen and oxygen atoms in total. The fourth-order valence-corrected chi connectivity index (χ4v) is 7.23. The maximum Gasteiger partial charge on any atom is 0.411 e. The van der Waals surface area contributed by atoms with Crippen LogP contribution < -0.4 is 29.0 Å². The minimum atomic E-state index is -0.841. The van der Waals surface area contributed by atoms with E-state index in [0.29, 0.717) is 68.8 Å². The van der Waals surface area contributed by atoms with Gasteiger partial charge in [0.25, 0.3) is 5.91 Å². The lowest BCUT2D eigenvalue weighted by atomic mass is 10.1. The molecule has 65 heavy (non-hydrogen) atoms. The number of aromatic nitrogens is 6. The quantitative estimate of drug-likeness (QED) is 0.0924. The van der Waals surface area contributed by atoms with Gasteiger partial charge >= 0.3 is 6.09 Å². The highest BCUT2D eigenvalue weighted by Gasteiger charge is 2.31. The number of oxazole rings is 1. The van der Waals surface area contributed by atoms with E-state index in [2.05, 4.69) is 10.4 Å². The van der Waals surface area contributed by atoms with Gasteiger partial charge < -0.3 is 38.2 Å². The van der Waals surface area contributed by atoms with Crippen molar-refractivity contribution in [1.29, 1.82) is 0 Å². The molecular formula is C48H54N8O9. The first-order valence-electron chi connectivity index (χ1n) is 21.0. The Labute approximate surface area is 377 Å². The van der Waals surface area contributed by atoms with Gasteiger partial charge in [0.05, 0.1) is 53.2 Å². The Morgan fingerprint density at radius 2 is 1.51 bits per heavy atom. The Morgan fingerprint density at radius 1 is 0.831 bits per heavy atom. The highest BCUT2D eigenvalue weighted by atomic mass is 16.6. The van der Waals surface area contributed by atoms with E-state index >= 15 is 0 Å². The number of rotatable bonds is 17. The largest absolute Gasteiger partial charge is 0.497 e. The molecule has 0 aliphatic heterocycles. The van der Waals surface area contributed by atoms with Crippen LogP contribution in [0.2, 0.25) is 0 Å². The summed E-state index contributed by atoms with van der Waals surface area (Å²) in [5.41, 5.74) is 3.89. The molecule has 0 spiro atoms. The number of hydrogen-bond acceptors (Lipinski definition) is 13. The van der Waals surface area contributed by atoms with Crippen LogP contribution in [0.25, 0.3) is 33.9 Å². The Bertz CT molecular complexity index is 2810. The molecule has 340 valence electrons. The fourth-order valence-electron chi connectivity index (χ4n) is 7.23. The lowest BCUT2D eigenvalue weighted by Gasteiger charge is -2.27. The van der Waals surface area contributed by atoms with Crippen LogP contribution in [0.4, 0.5) is 4.79 Å². The first-order valence-corrected chi connectivity index (χ1v) is 21.0. The zero-order chi connectivity index (χ0) is 46.4. The molecular weight excluding hydrogens is 833 g/mol. The van der Waals surface area contributed by atoms with Crippen LogP contribution in [0.5, 0.6) is 28.7 Å². The molecule has 0 atom stereocenters. The lowest BCUT2D eigenvalue weighted by Crippen LogP contribution is -2.36. The number of carbonyl (C=O) groups is 2. The Hall–Kier alpha value is -7.56. The molecule has 0 saturated carbocycles. The number of ether oxygens (including phenoxy) is 6. The number of pyridine rings is 1. The summed E-state index contributed by atoms with van der Waals surface area (Å²) in [6, 6.07) is 22.2. The van der Waals surface area contributed by atoms with Crippen molar-refractivity contribution in [3.8, 4) is 51.7 Å². The second kappa shape index (κ2) is 19.5. The number of hydrogen-bond donors (Lipinski definition) is 1. The van der Waals surface area contributed by atoms with Crippen LogP contribution in [-0.4, -0.2) is 80.5 Å². The Balaban J connectivity index is 1.38. The van der Waals surface area contributed by atoms with Gasteiger partial charge in [-0.3, -0.25) is 19.1 Å². The zero-order valence-electron chi connectivity index (χ0n) is 38.3. The summed E-state index contributed by atoms with van der Waals surface area (Å²) in [5.74, 6) is 2.68. The summed E-state index contributed by atoms with van der Waals surface area (Å²) in [6.45, 7) is 9.95. The number of benzene rings is 3. The summed E-state index contributed by atoms with van der Waals surface area (Å²) in [4.78, 5) is 40.0. The van der Waals surface area contributed by atoms with Crippen molar-refractivity contribution in [2.75, 3.05) is 28.4 Å². The summed E-state index contributed by atoms with van der Waals surface area (Å²) in [7, 11) is 8.02. The number of methoxy groups -OCH3 is 4. The van der Waals surface area contributed by atoms with Gasteiger partial charge in [-0.25, -0.2) is 14.8 Å². The van der Waals surface area contributed by atoms with Gasteiger partial charge in [-0.1, -0.05) is 30.3 Å². The number of aryl methyl sites for hydroxylation is 3. The van der Waals surface area contributed by atoms with E-state index in [1.54, 1.807) is 102 Å². The van der Waals surface area contributed by atoms with E-state index in [9.17, 15) is 9.59 Å². The third-order valence-corrected chi connectivity index (χ3v) is 10.5. The molecule has 2 amide bonds. The van der Waals surface area contributed by atoms with E-state index in [1.807, 2.05) is 56.3 Å². The van der Waals surface area contributed by atoms with Crippen molar-refractivity contribution in [2.24, 2.45) is 7.05 Å². The molecule has 0 radical (unpaired) electrons. The monoisotopic (exact) mass is 886 g/mol. The number of nitrogens with one attached hydrogen (secondary N) is 1. The van der Waals surface area contributed by atoms with Crippen molar-refractivity contribution in [3.05, 3.63) is 113 Å². The highest BCUT2D eigenvalue weighted by Crippen LogP contribution is 2.39. The third-order valence-electron chi connectivity index (χ3n) is 10.5. The third kappa shape index (κ3) is 10.1. The van der Waals surface area contributed by atoms with Crippen molar-refractivity contribution in [1.82, 2.24) is 39.7 Å². The van der Waals surface area contributed by atoms with Crippen LogP contribution in [0.15, 0.2) is 83.4 Å². The van der Waals surface area contributed by atoms with Crippen molar-refractivity contribution >= 4 is 22.9 Å². The summed E-state index contributed by atoms with van der Waals surface area (Å²) in [6.07, 6.45) is 1.03. The van der Waals surface area contributed by atoms with Gasteiger partial charge in [0.1, 0.15) is 58.0 Å². The lowest BCUT2D eigenvalue weighted by molar-refractivity contribution is 0.0203. The van der Waals surface area contributed by atoms with Gasteiger partial charge in [0, 0.05) is 48.8 Å². The first kappa shape index (κ1) is 45.5. The molecule has 0 aliphatic rings. The number of nitrogens with zero attached hydrogens (tertiary/aromatic N) is 7. The van der Waals surface area contributed by atoms with Crippen LogP contribution >= 0.6 is 0 Å². The Kier molecular flexibility index (Phi) is 13.6. The summed E-state index contributed by atoms with van der Waals surface area (Å²) >= 11 is 0. The molecule has 0 unspecified atom stereocenters. The first-order chi connectivity index (χ1) is 31.2. The zero-order valence-corrected chi connectivity index (χ0v) is 38.3. The molecule has 7 rings (SSSR count). The predicted molar refractivity (Wildman–Crippen MR) is 242 cm³/mol. The van der Waals surface area contributed by atoms with Crippen LogP contribution in [-0.2, 0) is 44.6 Å². The van der Waals surface area contributed by atoms with Crippen LogP contribution in [0.1, 0.15) is 66.3 Å². The Morgan fingerprint density at radius 3 is 2.15 bits per heavy atom.